The Kier molecular flexibility index (Phi) is 7.01. The zero-order chi connectivity index (χ0) is 22.6. The van der Waals surface area contributed by atoms with Gasteiger partial charge < -0.3 is 4.74 Å². The number of benzene rings is 2. The predicted molar refractivity (Wildman–Crippen MR) is 94.3 cm³/mol. The van der Waals surface area contributed by atoms with Crippen molar-refractivity contribution in [1.82, 2.24) is 9.97 Å². The minimum atomic E-state index is -4.66. The molecule has 0 saturated carbocycles. The highest BCUT2D eigenvalue weighted by molar-refractivity contribution is 5.56. The van der Waals surface area contributed by atoms with Gasteiger partial charge in [0.25, 0.3) is 0 Å². The van der Waals surface area contributed by atoms with E-state index in [1.165, 1.54) is 12.4 Å². The van der Waals surface area contributed by atoms with Gasteiger partial charge in [0.2, 0.25) is 0 Å². The molecule has 3 rings (SSSR count). The van der Waals surface area contributed by atoms with Gasteiger partial charge in [0, 0.05) is 30.1 Å². The maximum Gasteiger partial charge on any atom is 0.432 e. The first-order chi connectivity index (χ1) is 14.1. The minimum Gasteiger partial charge on any atom is -0.429 e. The van der Waals surface area contributed by atoms with Crippen LogP contribution >= 0.6 is 0 Å². The molecule has 1 heterocycles. The Balaban J connectivity index is 0.00000155. The lowest BCUT2D eigenvalue weighted by atomic mass is 10.1. The highest BCUT2D eigenvalue weighted by atomic mass is 19.3. The molecule has 0 amide bonds. The van der Waals surface area contributed by atoms with E-state index >= 15 is 0 Å². The van der Waals surface area contributed by atoms with Crippen LogP contribution in [0.25, 0.3) is 11.4 Å². The summed E-state index contributed by atoms with van der Waals surface area (Å²) < 4.78 is 100. The second-order valence-electron chi connectivity index (χ2n) is 5.72. The molecule has 0 aliphatic rings. The van der Waals surface area contributed by atoms with E-state index in [2.05, 4.69) is 14.7 Å². The van der Waals surface area contributed by atoms with Crippen molar-refractivity contribution in [2.24, 2.45) is 0 Å². The standard InChI is InChI=1S/C18H9F7N2O.C2H6/c1-8-6-26-17(27-7-8)9-2-11(19)15(12(20)3-9)18(24,25)28-10-4-13(21)16(23)14(22)5-10;1-2/h2-7H,1H3;1-2H3. The molecule has 0 unspecified atom stereocenters. The van der Waals surface area contributed by atoms with Crippen molar-refractivity contribution in [2.75, 3.05) is 0 Å². The summed E-state index contributed by atoms with van der Waals surface area (Å²) in [5.41, 5.74) is -1.35. The van der Waals surface area contributed by atoms with Crippen LogP contribution in [0.3, 0.4) is 0 Å². The van der Waals surface area contributed by atoms with Gasteiger partial charge in [-0.05, 0) is 24.6 Å². The number of aryl methyl sites for hydroxylation is 1. The largest absolute Gasteiger partial charge is 0.432 e. The van der Waals surface area contributed by atoms with Crippen LogP contribution in [0.2, 0.25) is 0 Å². The van der Waals surface area contributed by atoms with E-state index in [4.69, 9.17) is 0 Å². The van der Waals surface area contributed by atoms with E-state index in [0.717, 1.165) is 0 Å². The van der Waals surface area contributed by atoms with E-state index in [-0.39, 0.29) is 23.5 Å². The van der Waals surface area contributed by atoms with Gasteiger partial charge in [0.15, 0.2) is 23.3 Å². The van der Waals surface area contributed by atoms with Gasteiger partial charge in [-0.3, -0.25) is 0 Å². The second kappa shape index (κ2) is 9.10. The maximum absolute atomic E-state index is 14.2. The molecule has 0 aliphatic heterocycles. The Bertz CT molecular complexity index is 994. The molecular weight excluding hydrogens is 417 g/mol. The minimum absolute atomic E-state index is 0.109. The van der Waals surface area contributed by atoms with Crippen LogP contribution in [0.15, 0.2) is 36.7 Å². The van der Waals surface area contributed by atoms with Crippen LogP contribution in [-0.4, -0.2) is 9.97 Å². The van der Waals surface area contributed by atoms with Crippen LogP contribution < -0.4 is 4.74 Å². The highest BCUT2D eigenvalue weighted by Crippen LogP contribution is 2.37. The van der Waals surface area contributed by atoms with Crippen molar-refractivity contribution in [3.63, 3.8) is 0 Å². The lowest BCUT2D eigenvalue weighted by Crippen LogP contribution is -2.25. The lowest BCUT2D eigenvalue weighted by molar-refractivity contribution is -0.189. The van der Waals surface area contributed by atoms with E-state index in [9.17, 15) is 30.7 Å². The van der Waals surface area contributed by atoms with Gasteiger partial charge in [-0.15, -0.1) is 0 Å². The average molecular weight is 432 g/mol. The molecule has 2 aromatic carbocycles. The van der Waals surface area contributed by atoms with Crippen LogP contribution in [-0.2, 0) is 6.11 Å². The van der Waals surface area contributed by atoms with Gasteiger partial charge in [-0.1, -0.05) is 13.8 Å². The molecule has 0 spiro atoms. The Morgan fingerprint density at radius 3 is 1.70 bits per heavy atom. The van der Waals surface area contributed by atoms with Crippen LogP contribution in [0.1, 0.15) is 25.0 Å². The molecule has 3 aromatic rings. The Morgan fingerprint density at radius 1 is 0.767 bits per heavy atom. The molecule has 0 bridgehead atoms. The monoisotopic (exact) mass is 432 g/mol. The summed E-state index contributed by atoms with van der Waals surface area (Å²) in [4.78, 5) is 7.67. The quantitative estimate of drug-likeness (QED) is 0.358. The summed E-state index contributed by atoms with van der Waals surface area (Å²) in [7, 11) is 0. The third-order valence-corrected chi connectivity index (χ3v) is 3.58. The molecule has 0 atom stereocenters. The third-order valence-electron chi connectivity index (χ3n) is 3.58. The van der Waals surface area contributed by atoms with E-state index in [0.29, 0.717) is 17.7 Å². The highest BCUT2D eigenvalue weighted by Gasteiger charge is 2.41. The van der Waals surface area contributed by atoms with E-state index in [1.54, 1.807) is 6.92 Å². The van der Waals surface area contributed by atoms with Crippen LogP contribution in [0.5, 0.6) is 5.75 Å². The number of alkyl halides is 2. The summed E-state index contributed by atoms with van der Waals surface area (Å²) in [5.74, 6) is -10.2. The molecule has 1 aromatic heterocycles. The molecule has 0 saturated heterocycles. The summed E-state index contributed by atoms with van der Waals surface area (Å²) in [5, 5.41) is 0. The maximum atomic E-state index is 14.2. The van der Waals surface area contributed by atoms with Gasteiger partial charge in [0.05, 0.1) is 0 Å². The summed E-state index contributed by atoms with van der Waals surface area (Å²) >= 11 is 0. The van der Waals surface area contributed by atoms with E-state index < -0.39 is 46.5 Å². The Labute approximate surface area is 167 Å². The molecule has 0 aliphatic carbocycles. The van der Waals surface area contributed by atoms with Gasteiger partial charge in [-0.25, -0.2) is 31.9 Å². The summed E-state index contributed by atoms with van der Waals surface area (Å²) in [6, 6.07) is 1.37. The lowest BCUT2D eigenvalue weighted by Gasteiger charge is -2.20. The van der Waals surface area contributed by atoms with Crippen molar-refractivity contribution in [3.05, 3.63) is 76.9 Å². The van der Waals surface area contributed by atoms with Gasteiger partial charge in [0.1, 0.15) is 22.9 Å². The van der Waals surface area contributed by atoms with Crippen molar-refractivity contribution >= 4 is 0 Å². The molecule has 0 fully saturated rings. The molecule has 3 nitrogen and oxygen atoms in total. The Hall–Kier alpha value is -3.17. The predicted octanol–water partition coefficient (Wildman–Crippen LogP) is 6.30. The fourth-order valence-electron chi connectivity index (χ4n) is 2.31. The zero-order valence-corrected chi connectivity index (χ0v) is 15.9. The van der Waals surface area contributed by atoms with Gasteiger partial charge in [-0.2, -0.15) is 8.78 Å². The van der Waals surface area contributed by atoms with Crippen molar-refractivity contribution < 1.29 is 35.5 Å². The molecule has 0 N–H and O–H groups in total. The fourth-order valence-corrected chi connectivity index (χ4v) is 2.31. The number of aromatic nitrogens is 2. The number of ether oxygens (including phenoxy) is 1. The first-order valence-corrected chi connectivity index (χ1v) is 8.58. The third kappa shape index (κ3) is 4.87. The number of hydrogen-bond donors (Lipinski definition) is 0. The first kappa shape index (κ1) is 23.1. The molecular formula is C20H15F7N2O. The molecule has 0 radical (unpaired) electrons. The molecule has 10 heteroatoms. The molecule has 160 valence electrons. The SMILES string of the molecule is CC.Cc1cnc(-c2cc(F)c(C(F)(F)Oc3cc(F)c(F)c(F)c3)c(F)c2)nc1. The van der Waals surface area contributed by atoms with Crippen molar-refractivity contribution in [2.45, 2.75) is 26.9 Å². The number of hydrogen-bond acceptors (Lipinski definition) is 3. The van der Waals surface area contributed by atoms with Crippen LogP contribution in [0, 0.1) is 36.0 Å². The Morgan fingerprint density at radius 2 is 1.23 bits per heavy atom. The zero-order valence-electron chi connectivity index (χ0n) is 15.9. The summed E-state index contributed by atoms with van der Waals surface area (Å²) in [6.07, 6.45) is -1.93. The second-order valence-corrected chi connectivity index (χ2v) is 5.72. The molecule has 30 heavy (non-hydrogen) atoms. The normalized spacial score (nSPS) is 11.0. The first-order valence-electron chi connectivity index (χ1n) is 8.58. The van der Waals surface area contributed by atoms with Crippen molar-refractivity contribution in [1.29, 1.82) is 0 Å². The van der Waals surface area contributed by atoms with Gasteiger partial charge >= 0.3 is 6.11 Å². The van der Waals surface area contributed by atoms with E-state index in [1.807, 2.05) is 13.8 Å². The average Bonchev–Trinajstić information content (AvgIpc) is 2.67. The number of nitrogens with zero attached hydrogens (tertiary/aromatic N) is 2. The van der Waals surface area contributed by atoms with Crippen LogP contribution in [0.4, 0.5) is 30.7 Å². The fraction of sp³-hybridized carbons (Fsp3) is 0.200. The topological polar surface area (TPSA) is 35.0 Å². The smallest absolute Gasteiger partial charge is 0.429 e. The summed E-state index contributed by atoms with van der Waals surface area (Å²) in [6.45, 7) is 5.67. The number of rotatable bonds is 4. The number of halogens is 7. The van der Waals surface area contributed by atoms with Crippen molar-refractivity contribution in [3.8, 4) is 17.1 Å².